The number of hydrogen-bond acceptors (Lipinski definition) is 7. The SMILES string of the molecule is CCOC(=O)[C@]1(N)CS(=O)(=O)[C@H]2[C@H](CC3OCO3)[C@H]21. The van der Waals surface area contributed by atoms with E-state index in [0.717, 1.165) is 0 Å². The molecule has 2 saturated heterocycles. The summed E-state index contributed by atoms with van der Waals surface area (Å²) in [7, 11) is -3.34. The Balaban J connectivity index is 1.78. The molecule has 0 unspecified atom stereocenters. The van der Waals surface area contributed by atoms with Gasteiger partial charge in [-0.1, -0.05) is 0 Å². The van der Waals surface area contributed by atoms with Crippen LogP contribution in [-0.2, 0) is 28.8 Å². The van der Waals surface area contributed by atoms with Gasteiger partial charge in [0.15, 0.2) is 22.9 Å². The summed E-state index contributed by atoms with van der Waals surface area (Å²) in [5, 5.41) is -0.547. The molecule has 0 bridgehead atoms. The van der Waals surface area contributed by atoms with E-state index < -0.39 is 26.6 Å². The second-order valence-corrected chi connectivity index (χ2v) is 7.50. The summed E-state index contributed by atoms with van der Waals surface area (Å²) in [6.45, 7) is 2.10. The minimum absolute atomic E-state index is 0.168. The van der Waals surface area contributed by atoms with Gasteiger partial charge in [-0.25, -0.2) is 8.42 Å². The van der Waals surface area contributed by atoms with Gasteiger partial charge in [-0.15, -0.1) is 0 Å². The molecule has 19 heavy (non-hydrogen) atoms. The molecule has 0 aromatic heterocycles. The second kappa shape index (κ2) is 4.15. The van der Waals surface area contributed by atoms with E-state index in [2.05, 4.69) is 0 Å². The van der Waals surface area contributed by atoms with Gasteiger partial charge in [0.1, 0.15) is 5.54 Å². The van der Waals surface area contributed by atoms with E-state index >= 15 is 0 Å². The first-order valence-corrected chi connectivity index (χ1v) is 8.02. The van der Waals surface area contributed by atoms with Gasteiger partial charge < -0.3 is 19.9 Å². The molecule has 2 aliphatic heterocycles. The van der Waals surface area contributed by atoms with Crippen LogP contribution in [0.4, 0.5) is 0 Å². The summed E-state index contributed by atoms with van der Waals surface area (Å²) in [6.07, 6.45) is 0.102. The van der Waals surface area contributed by atoms with Gasteiger partial charge in [-0.3, -0.25) is 4.79 Å². The fourth-order valence-electron chi connectivity index (χ4n) is 3.30. The van der Waals surface area contributed by atoms with Crippen LogP contribution in [0.25, 0.3) is 0 Å². The molecular formula is C11H17NO6S. The van der Waals surface area contributed by atoms with E-state index in [4.69, 9.17) is 19.9 Å². The molecule has 2 N–H and O–H groups in total. The monoisotopic (exact) mass is 291 g/mol. The third-order valence-electron chi connectivity index (χ3n) is 4.17. The van der Waals surface area contributed by atoms with Crippen LogP contribution < -0.4 is 5.73 Å². The average Bonchev–Trinajstić information content (AvgIpc) is 2.93. The van der Waals surface area contributed by atoms with Gasteiger partial charge in [0.05, 0.1) is 17.6 Å². The van der Waals surface area contributed by atoms with Crippen molar-refractivity contribution >= 4 is 15.8 Å². The lowest BCUT2D eigenvalue weighted by Gasteiger charge is -2.29. The Labute approximate surface area is 111 Å². The highest BCUT2D eigenvalue weighted by molar-refractivity contribution is 7.92. The van der Waals surface area contributed by atoms with Crippen molar-refractivity contribution in [1.82, 2.24) is 0 Å². The minimum Gasteiger partial charge on any atom is -0.465 e. The van der Waals surface area contributed by atoms with Crippen LogP contribution in [0.3, 0.4) is 0 Å². The first kappa shape index (κ1) is 13.3. The number of sulfone groups is 1. The van der Waals surface area contributed by atoms with E-state index in [1.165, 1.54) is 0 Å². The molecule has 0 aromatic rings. The maximum absolute atomic E-state index is 12.1. The molecule has 3 fully saturated rings. The van der Waals surface area contributed by atoms with Crippen LogP contribution in [0, 0.1) is 11.8 Å². The maximum atomic E-state index is 12.1. The Hall–Kier alpha value is -0.700. The van der Waals surface area contributed by atoms with Crippen LogP contribution in [0.5, 0.6) is 0 Å². The predicted octanol–water partition coefficient (Wildman–Crippen LogP) is -0.989. The zero-order chi connectivity index (χ0) is 13.8. The molecule has 0 amide bonds. The fourth-order valence-corrected chi connectivity index (χ4v) is 6.08. The van der Waals surface area contributed by atoms with Gasteiger partial charge in [-0.2, -0.15) is 0 Å². The van der Waals surface area contributed by atoms with Crippen LogP contribution >= 0.6 is 0 Å². The predicted molar refractivity (Wildman–Crippen MR) is 63.5 cm³/mol. The van der Waals surface area contributed by atoms with E-state index in [0.29, 0.717) is 6.42 Å². The summed E-state index contributed by atoms with van der Waals surface area (Å²) in [6, 6.07) is 0. The molecule has 2 heterocycles. The number of carbonyl (C=O) groups excluding carboxylic acids is 1. The zero-order valence-electron chi connectivity index (χ0n) is 10.6. The smallest absolute Gasteiger partial charge is 0.327 e. The third-order valence-corrected chi connectivity index (χ3v) is 6.53. The number of rotatable bonds is 4. The van der Waals surface area contributed by atoms with Crippen molar-refractivity contribution in [2.75, 3.05) is 19.2 Å². The first-order valence-electron chi connectivity index (χ1n) is 6.31. The lowest BCUT2D eigenvalue weighted by Crippen LogP contribution is -2.54. The molecule has 8 heteroatoms. The second-order valence-electron chi connectivity index (χ2n) is 5.34. The lowest BCUT2D eigenvalue weighted by atomic mass is 9.95. The fraction of sp³-hybridized carbons (Fsp3) is 0.909. The van der Waals surface area contributed by atoms with E-state index in [1.807, 2.05) is 0 Å². The highest BCUT2D eigenvalue weighted by Gasteiger charge is 2.75. The van der Waals surface area contributed by atoms with E-state index in [-0.39, 0.29) is 37.3 Å². The van der Waals surface area contributed by atoms with Crippen LogP contribution in [0.2, 0.25) is 0 Å². The van der Waals surface area contributed by atoms with Gasteiger partial charge in [-0.05, 0) is 12.8 Å². The minimum atomic E-state index is -3.34. The zero-order valence-corrected chi connectivity index (χ0v) is 11.4. The van der Waals surface area contributed by atoms with Gasteiger partial charge >= 0.3 is 5.97 Å². The molecule has 1 aliphatic carbocycles. The highest BCUT2D eigenvalue weighted by atomic mass is 32.2. The van der Waals surface area contributed by atoms with Crippen molar-refractivity contribution < 1.29 is 27.4 Å². The van der Waals surface area contributed by atoms with Gasteiger partial charge in [0.25, 0.3) is 0 Å². The Morgan fingerprint density at radius 1 is 1.47 bits per heavy atom. The topological polar surface area (TPSA) is 105 Å². The number of carbonyl (C=O) groups is 1. The summed E-state index contributed by atoms with van der Waals surface area (Å²) in [5.41, 5.74) is 4.63. The molecule has 3 rings (SSSR count). The van der Waals surface area contributed by atoms with E-state index in [1.54, 1.807) is 6.92 Å². The van der Waals surface area contributed by atoms with Crippen LogP contribution in [0.1, 0.15) is 13.3 Å². The molecule has 0 spiro atoms. The molecule has 1 saturated carbocycles. The number of nitrogens with two attached hydrogens (primary N) is 1. The van der Waals surface area contributed by atoms with Crippen molar-refractivity contribution in [3.63, 3.8) is 0 Å². The van der Waals surface area contributed by atoms with E-state index in [9.17, 15) is 13.2 Å². The standard InChI is InChI=1S/C11H17NO6S/c1-2-16-10(13)11(12)4-19(14,15)9-6(8(9)11)3-7-17-5-18-7/h6-9H,2-5,12H2,1H3/t6-,8-,9+,11+/m1/s1. The molecule has 7 nitrogen and oxygen atoms in total. The molecule has 0 aromatic carbocycles. The third kappa shape index (κ3) is 1.89. The van der Waals surface area contributed by atoms with Crippen molar-refractivity contribution in [3.05, 3.63) is 0 Å². The normalized spacial score (nSPS) is 43.4. The summed E-state index contributed by atoms with van der Waals surface area (Å²) >= 11 is 0. The van der Waals surface area contributed by atoms with Crippen LogP contribution in [0.15, 0.2) is 0 Å². The molecule has 3 aliphatic rings. The van der Waals surface area contributed by atoms with Crippen molar-refractivity contribution in [1.29, 1.82) is 0 Å². The van der Waals surface area contributed by atoms with Gasteiger partial charge in [0.2, 0.25) is 0 Å². The first-order chi connectivity index (χ1) is 8.90. The summed E-state index contributed by atoms with van der Waals surface area (Å²) in [4.78, 5) is 11.9. The number of fused-ring (bicyclic) bond motifs is 1. The average molecular weight is 291 g/mol. The Morgan fingerprint density at radius 3 is 2.68 bits per heavy atom. The molecular weight excluding hydrogens is 274 g/mol. The maximum Gasteiger partial charge on any atom is 0.327 e. The summed E-state index contributed by atoms with van der Waals surface area (Å²) in [5.74, 6) is -1.48. The number of ether oxygens (including phenoxy) is 3. The number of hydrogen-bond donors (Lipinski definition) is 1. The van der Waals surface area contributed by atoms with Crippen molar-refractivity contribution in [2.24, 2.45) is 17.6 Å². The van der Waals surface area contributed by atoms with Gasteiger partial charge in [0, 0.05) is 12.3 Å². The Kier molecular flexibility index (Phi) is 2.90. The highest BCUT2D eigenvalue weighted by Crippen LogP contribution is 2.59. The van der Waals surface area contributed by atoms with Crippen molar-refractivity contribution in [3.8, 4) is 0 Å². The van der Waals surface area contributed by atoms with Crippen molar-refractivity contribution in [2.45, 2.75) is 30.4 Å². The van der Waals surface area contributed by atoms with Crippen LogP contribution in [-0.4, -0.2) is 50.6 Å². The summed E-state index contributed by atoms with van der Waals surface area (Å²) < 4.78 is 39.3. The largest absolute Gasteiger partial charge is 0.465 e. The molecule has 108 valence electrons. The molecule has 0 radical (unpaired) electrons. The molecule has 4 atom stereocenters. The lowest BCUT2D eigenvalue weighted by molar-refractivity contribution is -0.323. The Bertz CT molecular complexity index is 501. The Morgan fingerprint density at radius 2 is 2.16 bits per heavy atom. The quantitative estimate of drug-likeness (QED) is 0.663. The number of esters is 1.